The molecule has 1 atom stereocenters. The number of furan rings is 1. The Hall–Kier alpha value is -1.80. The van der Waals surface area contributed by atoms with Crippen molar-refractivity contribution in [3.05, 3.63) is 48.0 Å². The van der Waals surface area contributed by atoms with Gasteiger partial charge in [-0.1, -0.05) is 30.3 Å². The molecule has 0 fully saturated rings. The standard InChI is InChI=1S/C14H13NO/c1-9(15)10-6-7-12-11-4-2-3-5-13(11)16-14(12)8-10/h2-9H,15H2,1H3/t9-/m0/s1. The molecule has 0 saturated carbocycles. The topological polar surface area (TPSA) is 39.2 Å². The van der Waals surface area contributed by atoms with Gasteiger partial charge in [-0.05, 0) is 24.6 Å². The van der Waals surface area contributed by atoms with Crippen molar-refractivity contribution >= 4 is 21.9 Å². The van der Waals surface area contributed by atoms with Crippen LogP contribution in [0.5, 0.6) is 0 Å². The normalized spacial score (nSPS) is 13.4. The Morgan fingerprint density at radius 2 is 1.75 bits per heavy atom. The summed E-state index contributed by atoms with van der Waals surface area (Å²) in [6.45, 7) is 1.98. The van der Waals surface area contributed by atoms with Crippen LogP contribution in [0.15, 0.2) is 46.9 Å². The van der Waals surface area contributed by atoms with E-state index in [1.54, 1.807) is 0 Å². The van der Waals surface area contributed by atoms with E-state index >= 15 is 0 Å². The fraction of sp³-hybridized carbons (Fsp3) is 0.143. The van der Waals surface area contributed by atoms with Crippen molar-refractivity contribution in [2.45, 2.75) is 13.0 Å². The summed E-state index contributed by atoms with van der Waals surface area (Å²) in [5.74, 6) is 0. The van der Waals surface area contributed by atoms with Crippen LogP contribution in [0.25, 0.3) is 21.9 Å². The van der Waals surface area contributed by atoms with E-state index in [4.69, 9.17) is 10.2 Å². The van der Waals surface area contributed by atoms with Crippen LogP contribution in [0.2, 0.25) is 0 Å². The highest BCUT2D eigenvalue weighted by atomic mass is 16.3. The van der Waals surface area contributed by atoms with Crippen LogP contribution in [0, 0.1) is 0 Å². The summed E-state index contributed by atoms with van der Waals surface area (Å²) in [4.78, 5) is 0. The molecular weight excluding hydrogens is 198 g/mol. The van der Waals surface area contributed by atoms with Gasteiger partial charge in [-0.3, -0.25) is 0 Å². The van der Waals surface area contributed by atoms with Crippen molar-refractivity contribution in [1.29, 1.82) is 0 Å². The molecule has 2 aromatic carbocycles. The molecule has 2 heteroatoms. The average Bonchev–Trinajstić information content (AvgIpc) is 2.66. The maximum atomic E-state index is 5.86. The second kappa shape index (κ2) is 3.35. The molecule has 0 saturated heterocycles. The molecule has 2 N–H and O–H groups in total. The van der Waals surface area contributed by atoms with Crippen molar-refractivity contribution in [3.8, 4) is 0 Å². The summed E-state index contributed by atoms with van der Waals surface area (Å²) in [6, 6.07) is 14.3. The lowest BCUT2D eigenvalue weighted by atomic mass is 10.1. The second-order valence-corrected chi connectivity index (χ2v) is 4.14. The highest BCUT2D eigenvalue weighted by molar-refractivity contribution is 6.04. The molecule has 16 heavy (non-hydrogen) atoms. The van der Waals surface area contributed by atoms with Gasteiger partial charge in [0.15, 0.2) is 0 Å². The number of hydrogen-bond donors (Lipinski definition) is 1. The summed E-state index contributed by atoms with van der Waals surface area (Å²) in [5.41, 5.74) is 8.80. The molecule has 0 amide bonds. The number of rotatable bonds is 1. The summed E-state index contributed by atoms with van der Waals surface area (Å²) in [6.07, 6.45) is 0. The van der Waals surface area contributed by atoms with Gasteiger partial charge in [-0.2, -0.15) is 0 Å². The van der Waals surface area contributed by atoms with E-state index in [0.717, 1.165) is 27.5 Å². The maximum Gasteiger partial charge on any atom is 0.135 e. The minimum Gasteiger partial charge on any atom is -0.456 e. The molecule has 0 aliphatic heterocycles. The molecule has 80 valence electrons. The second-order valence-electron chi connectivity index (χ2n) is 4.14. The summed E-state index contributed by atoms with van der Waals surface area (Å²) >= 11 is 0. The molecule has 2 nitrogen and oxygen atoms in total. The molecule has 0 unspecified atom stereocenters. The highest BCUT2D eigenvalue weighted by Gasteiger charge is 2.07. The first-order valence-corrected chi connectivity index (χ1v) is 5.42. The number of nitrogens with two attached hydrogens (primary N) is 1. The van der Waals surface area contributed by atoms with Crippen LogP contribution in [0.1, 0.15) is 18.5 Å². The lowest BCUT2D eigenvalue weighted by Gasteiger charge is -2.03. The van der Waals surface area contributed by atoms with Crippen LogP contribution in [-0.4, -0.2) is 0 Å². The minimum atomic E-state index is 0.0395. The fourth-order valence-electron chi connectivity index (χ4n) is 2.03. The number of fused-ring (bicyclic) bond motifs is 3. The van der Waals surface area contributed by atoms with Gasteiger partial charge in [0.1, 0.15) is 11.2 Å². The predicted molar refractivity (Wildman–Crippen MR) is 66.3 cm³/mol. The zero-order chi connectivity index (χ0) is 11.1. The summed E-state index contributed by atoms with van der Waals surface area (Å²) in [7, 11) is 0. The van der Waals surface area contributed by atoms with Gasteiger partial charge in [-0.15, -0.1) is 0 Å². The third-order valence-corrected chi connectivity index (χ3v) is 2.93. The van der Waals surface area contributed by atoms with E-state index < -0.39 is 0 Å². The third-order valence-electron chi connectivity index (χ3n) is 2.93. The molecular formula is C14H13NO. The molecule has 0 radical (unpaired) electrons. The lowest BCUT2D eigenvalue weighted by molar-refractivity contribution is 0.667. The highest BCUT2D eigenvalue weighted by Crippen LogP contribution is 2.29. The van der Waals surface area contributed by atoms with Gasteiger partial charge in [0.05, 0.1) is 0 Å². The number of benzene rings is 2. The zero-order valence-electron chi connectivity index (χ0n) is 9.10. The monoisotopic (exact) mass is 211 g/mol. The van der Waals surface area contributed by atoms with Crippen LogP contribution in [-0.2, 0) is 0 Å². The fourth-order valence-corrected chi connectivity index (χ4v) is 2.03. The molecule has 0 aliphatic rings. The first-order valence-electron chi connectivity index (χ1n) is 5.42. The zero-order valence-corrected chi connectivity index (χ0v) is 9.10. The van der Waals surface area contributed by atoms with Crippen LogP contribution >= 0.6 is 0 Å². The maximum absolute atomic E-state index is 5.86. The Morgan fingerprint density at radius 1 is 1.00 bits per heavy atom. The van der Waals surface area contributed by atoms with Crippen LogP contribution in [0.4, 0.5) is 0 Å². The Labute approximate surface area is 93.7 Å². The first-order chi connectivity index (χ1) is 7.75. The average molecular weight is 211 g/mol. The molecule has 0 spiro atoms. The SMILES string of the molecule is C[C@H](N)c1ccc2c(c1)oc1ccccc12. The van der Waals surface area contributed by atoms with E-state index in [0.29, 0.717) is 0 Å². The van der Waals surface area contributed by atoms with Gasteiger partial charge in [0.2, 0.25) is 0 Å². The van der Waals surface area contributed by atoms with E-state index in [2.05, 4.69) is 18.2 Å². The van der Waals surface area contributed by atoms with Gasteiger partial charge >= 0.3 is 0 Å². The summed E-state index contributed by atoms with van der Waals surface area (Å²) < 4.78 is 5.79. The van der Waals surface area contributed by atoms with Crippen molar-refractivity contribution in [2.75, 3.05) is 0 Å². The van der Waals surface area contributed by atoms with Crippen molar-refractivity contribution in [2.24, 2.45) is 5.73 Å². The largest absolute Gasteiger partial charge is 0.456 e. The van der Waals surface area contributed by atoms with Crippen molar-refractivity contribution in [3.63, 3.8) is 0 Å². The Kier molecular flexibility index (Phi) is 1.98. The predicted octanol–water partition coefficient (Wildman–Crippen LogP) is 3.61. The quantitative estimate of drug-likeness (QED) is 0.667. The molecule has 1 heterocycles. The van der Waals surface area contributed by atoms with Crippen molar-refractivity contribution < 1.29 is 4.42 Å². The van der Waals surface area contributed by atoms with E-state index in [1.165, 1.54) is 0 Å². The number of hydrogen-bond acceptors (Lipinski definition) is 2. The number of para-hydroxylation sites is 1. The molecule has 0 aliphatic carbocycles. The summed E-state index contributed by atoms with van der Waals surface area (Å²) in [5, 5.41) is 2.31. The van der Waals surface area contributed by atoms with E-state index in [-0.39, 0.29) is 6.04 Å². The third kappa shape index (κ3) is 1.31. The molecule has 3 rings (SSSR count). The first kappa shape index (κ1) is 9.43. The smallest absolute Gasteiger partial charge is 0.135 e. The Morgan fingerprint density at radius 3 is 2.56 bits per heavy atom. The van der Waals surface area contributed by atoms with Crippen LogP contribution in [0.3, 0.4) is 0 Å². The van der Waals surface area contributed by atoms with Gasteiger partial charge in [0.25, 0.3) is 0 Å². The lowest BCUT2D eigenvalue weighted by Crippen LogP contribution is -2.04. The van der Waals surface area contributed by atoms with E-state index in [1.807, 2.05) is 31.2 Å². The van der Waals surface area contributed by atoms with Gasteiger partial charge in [0, 0.05) is 16.8 Å². The van der Waals surface area contributed by atoms with Crippen LogP contribution < -0.4 is 5.73 Å². The van der Waals surface area contributed by atoms with Gasteiger partial charge < -0.3 is 10.2 Å². The minimum absolute atomic E-state index is 0.0395. The molecule has 1 aromatic heterocycles. The Balaban J connectivity index is 2.37. The Bertz CT molecular complexity index is 652. The molecule has 0 bridgehead atoms. The van der Waals surface area contributed by atoms with Gasteiger partial charge in [-0.25, -0.2) is 0 Å². The van der Waals surface area contributed by atoms with Crippen molar-refractivity contribution in [1.82, 2.24) is 0 Å². The van der Waals surface area contributed by atoms with E-state index in [9.17, 15) is 0 Å². The molecule has 3 aromatic rings.